The van der Waals surface area contributed by atoms with Gasteiger partial charge in [0.2, 0.25) is 0 Å². The highest BCUT2D eigenvalue weighted by molar-refractivity contribution is 7.92. The minimum Gasteiger partial charge on any atom is -0.339 e. The number of nitrogens with zero attached hydrogens (tertiary/aromatic N) is 1. The van der Waals surface area contributed by atoms with Gasteiger partial charge in [0, 0.05) is 24.3 Å². The van der Waals surface area contributed by atoms with E-state index in [0.717, 1.165) is 12.8 Å². The molecule has 0 saturated carbocycles. The number of carbonyl (C=O) groups is 1. The minimum absolute atomic E-state index is 0.0864. The number of hydrogen-bond donors (Lipinski definition) is 1. The number of rotatable bonds is 8. The molecule has 0 aliphatic carbocycles. The maximum Gasteiger partial charge on any atom is 0.261 e. The summed E-state index contributed by atoms with van der Waals surface area (Å²) in [5, 5.41) is 0. The summed E-state index contributed by atoms with van der Waals surface area (Å²) in [5.41, 5.74) is 0.854. The second-order valence-electron chi connectivity index (χ2n) is 5.74. The highest BCUT2D eigenvalue weighted by Gasteiger charge is 2.17. The van der Waals surface area contributed by atoms with Crippen LogP contribution in [0.25, 0.3) is 0 Å². The summed E-state index contributed by atoms with van der Waals surface area (Å²) < 4.78 is 27.3. The van der Waals surface area contributed by atoms with Crippen LogP contribution >= 0.6 is 0 Å². The first-order chi connectivity index (χ1) is 12.0. The summed E-state index contributed by atoms with van der Waals surface area (Å²) in [6.07, 6.45) is 1.96. The van der Waals surface area contributed by atoms with Crippen molar-refractivity contribution in [1.29, 1.82) is 0 Å². The molecule has 0 fully saturated rings. The van der Waals surface area contributed by atoms with Crippen molar-refractivity contribution in [1.82, 2.24) is 4.90 Å². The van der Waals surface area contributed by atoms with Crippen LogP contribution in [0.15, 0.2) is 59.5 Å². The van der Waals surface area contributed by atoms with E-state index >= 15 is 0 Å². The number of carbonyl (C=O) groups excluding carboxylic acids is 1. The lowest BCUT2D eigenvalue weighted by Crippen LogP contribution is -2.31. The van der Waals surface area contributed by atoms with Crippen LogP contribution in [0.4, 0.5) is 5.69 Å². The topological polar surface area (TPSA) is 66.5 Å². The molecule has 0 spiro atoms. The third kappa shape index (κ3) is 5.06. The minimum atomic E-state index is -3.67. The molecule has 0 aromatic heterocycles. The highest BCUT2D eigenvalue weighted by Crippen LogP contribution is 2.18. The first-order valence-corrected chi connectivity index (χ1v) is 9.93. The Balaban J connectivity index is 2.20. The third-order valence-electron chi connectivity index (χ3n) is 3.87. The first kappa shape index (κ1) is 19.0. The summed E-state index contributed by atoms with van der Waals surface area (Å²) in [4.78, 5) is 14.6. The Kier molecular flexibility index (Phi) is 6.58. The molecular formula is C19H24N2O3S. The van der Waals surface area contributed by atoms with E-state index in [0.29, 0.717) is 24.3 Å². The fraction of sp³-hybridized carbons (Fsp3) is 0.316. The maximum atomic E-state index is 12.6. The van der Waals surface area contributed by atoms with E-state index < -0.39 is 10.0 Å². The van der Waals surface area contributed by atoms with Gasteiger partial charge in [-0.3, -0.25) is 9.52 Å². The van der Waals surface area contributed by atoms with E-state index in [1.165, 1.54) is 12.1 Å². The van der Waals surface area contributed by atoms with Crippen molar-refractivity contribution < 1.29 is 13.2 Å². The van der Waals surface area contributed by atoms with Crippen LogP contribution < -0.4 is 4.72 Å². The predicted molar refractivity (Wildman–Crippen MR) is 100 cm³/mol. The molecule has 2 rings (SSSR count). The van der Waals surface area contributed by atoms with Gasteiger partial charge in [-0.05, 0) is 43.7 Å². The van der Waals surface area contributed by atoms with Crippen molar-refractivity contribution >= 4 is 21.6 Å². The van der Waals surface area contributed by atoms with Crippen molar-refractivity contribution in [3.05, 3.63) is 60.2 Å². The molecule has 0 bridgehead atoms. The SMILES string of the molecule is CCCCN(CC)C(=O)c1cccc(NS(=O)(=O)c2ccccc2)c1. The second-order valence-corrected chi connectivity index (χ2v) is 7.42. The average molecular weight is 360 g/mol. The van der Waals surface area contributed by atoms with Crippen LogP contribution in [-0.4, -0.2) is 32.3 Å². The zero-order valence-electron chi connectivity index (χ0n) is 14.6. The molecule has 5 nitrogen and oxygen atoms in total. The molecule has 0 aliphatic heterocycles. The van der Waals surface area contributed by atoms with Gasteiger partial charge in [-0.15, -0.1) is 0 Å². The molecule has 0 saturated heterocycles. The number of nitrogens with one attached hydrogen (secondary N) is 1. The Hall–Kier alpha value is -2.34. The molecule has 1 amide bonds. The number of benzene rings is 2. The Morgan fingerprint density at radius 3 is 2.40 bits per heavy atom. The van der Waals surface area contributed by atoms with Gasteiger partial charge in [-0.1, -0.05) is 37.6 Å². The van der Waals surface area contributed by atoms with Gasteiger partial charge in [0.1, 0.15) is 0 Å². The Morgan fingerprint density at radius 2 is 1.76 bits per heavy atom. The van der Waals surface area contributed by atoms with Crippen LogP contribution in [0.1, 0.15) is 37.0 Å². The smallest absolute Gasteiger partial charge is 0.261 e. The fourth-order valence-corrected chi connectivity index (χ4v) is 3.53. The second kappa shape index (κ2) is 8.67. The molecule has 0 radical (unpaired) electrons. The van der Waals surface area contributed by atoms with Gasteiger partial charge in [0.25, 0.3) is 15.9 Å². The Morgan fingerprint density at radius 1 is 1.04 bits per heavy atom. The quantitative estimate of drug-likeness (QED) is 0.780. The maximum absolute atomic E-state index is 12.6. The Bertz CT molecular complexity index is 804. The fourth-order valence-electron chi connectivity index (χ4n) is 2.46. The average Bonchev–Trinajstić information content (AvgIpc) is 2.63. The molecule has 134 valence electrons. The van der Waals surface area contributed by atoms with E-state index in [4.69, 9.17) is 0 Å². The molecule has 2 aromatic carbocycles. The van der Waals surface area contributed by atoms with Crippen LogP contribution in [0, 0.1) is 0 Å². The molecular weight excluding hydrogens is 336 g/mol. The van der Waals surface area contributed by atoms with Crippen molar-refractivity contribution in [3.63, 3.8) is 0 Å². The lowest BCUT2D eigenvalue weighted by Gasteiger charge is -2.21. The van der Waals surface area contributed by atoms with E-state index in [1.807, 2.05) is 6.92 Å². The molecule has 6 heteroatoms. The standard InChI is InChI=1S/C19H24N2O3S/c1-3-5-14-21(4-2)19(22)16-10-9-11-17(15-16)20-25(23,24)18-12-7-6-8-13-18/h6-13,15,20H,3-5,14H2,1-2H3. The van der Waals surface area contributed by atoms with E-state index in [2.05, 4.69) is 11.6 Å². The summed E-state index contributed by atoms with van der Waals surface area (Å²) in [6, 6.07) is 14.8. The summed E-state index contributed by atoms with van der Waals surface area (Å²) in [5.74, 6) is -0.0864. The number of unbranched alkanes of at least 4 members (excludes halogenated alkanes) is 1. The number of amides is 1. The lowest BCUT2D eigenvalue weighted by molar-refractivity contribution is 0.0762. The normalized spacial score (nSPS) is 11.1. The molecule has 0 aliphatic rings. The van der Waals surface area contributed by atoms with Crippen LogP contribution in [-0.2, 0) is 10.0 Å². The molecule has 0 heterocycles. The highest BCUT2D eigenvalue weighted by atomic mass is 32.2. The molecule has 1 N–H and O–H groups in total. The van der Waals surface area contributed by atoms with Crippen molar-refractivity contribution in [2.75, 3.05) is 17.8 Å². The molecule has 0 unspecified atom stereocenters. The summed E-state index contributed by atoms with van der Waals surface area (Å²) in [7, 11) is -3.67. The summed E-state index contributed by atoms with van der Waals surface area (Å²) >= 11 is 0. The Labute approximate surface area is 149 Å². The largest absolute Gasteiger partial charge is 0.339 e. The van der Waals surface area contributed by atoms with Gasteiger partial charge >= 0.3 is 0 Å². The van der Waals surface area contributed by atoms with Crippen LogP contribution in [0.3, 0.4) is 0 Å². The zero-order chi connectivity index (χ0) is 18.3. The lowest BCUT2D eigenvalue weighted by atomic mass is 10.1. The van der Waals surface area contributed by atoms with Crippen LogP contribution in [0.5, 0.6) is 0 Å². The molecule has 0 atom stereocenters. The van der Waals surface area contributed by atoms with E-state index in [9.17, 15) is 13.2 Å². The first-order valence-electron chi connectivity index (χ1n) is 8.45. The van der Waals surface area contributed by atoms with Gasteiger partial charge in [0.15, 0.2) is 0 Å². The predicted octanol–water partition coefficient (Wildman–Crippen LogP) is 3.75. The zero-order valence-corrected chi connectivity index (χ0v) is 15.4. The van der Waals surface area contributed by atoms with E-state index in [1.54, 1.807) is 47.4 Å². The van der Waals surface area contributed by atoms with Gasteiger partial charge in [0.05, 0.1) is 4.90 Å². The third-order valence-corrected chi connectivity index (χ3v) is 5.26. The number of sulfonamides is 1. The number of anilines is 1. The number of hydrogen-bond acceptors (Lipinski definition) is 3. The summed E-state index contributed by atoms with van der Waals surface area (Å²) in [6.45, 7) is 5.34. The van der Waals surface area contributed by atoms with E-state index in [-0.39, 0.29) is 10.8 Å². The van der Waals surface area contributed by atoms with Crippen molar-refractivity contribution in [2.45, 2.75) is 31.6 Å². The van der Waals surface area contributed by atoms with Gasteiger partial charge in [-0.2, -0.15) is 0 Å². The van der Waals surface area contributed by atoms with Crippen molar-refractivity contribution in [2.24, 2.45) is 0 Å². The molecule has 25 heavy (non-hydrogen) atoms. The van der Waals surface area contributed by atoms with Crippen LogP contribution in [0.2, 0.25) is 0 Å². The molecule has 2 aromatic rings. The van der Waals surface area contributed by atoms with Crippen molar-refractivity contribution in [3.8, 4) is 0 Å². The monoisotopic (exact) mass is 360 g/mol. The van der Waals surface area contributed by atoms with Gasteiger partial charge in [-0.25, -0.2) is 8.42 Å². The van der Waals surface area contributed by atoms with Gasteiger partial charge < -0.3 is 4.90 Å².